The van der Waals surface area contributed by atoms with E-state index in [-0.39, 0.29) is 24.9 Å². The molecule has 2 heterocycles. The maximum atomic E-state index is 12.6. The standard InChI is InChI=1S/C19H17ClN4O3/c1-12-16(17(24-27-12)14-6-2-3-7-15(14)20)19(26)23-10-9-22-18(25)13-5-4-8-21-11-13/h2-8,11H,9-10H2,1H3,(H,22,25)(H,23,26). The number of rotatable bonds is 6. The Morgan fingerprint density at radius 1 is 1.07 bits per heavy atom. The number of pyridine rings is 1. The number of hydrogen-bond donors (Lipinski definition) is 2. The highest BCUT2D eigenvalue weighted by molar-refractivity contribution is 6.33. The van der Waals surface area contributed by atoms with Crippen LogP contribution in [0.25, 0.3) is 11.3 Å². The molecule has 0 saturated heterocycles. The first-order valence-corrected chi connectivity index (χ1v) is 8.63. The number of benzene rings is 1. The molecule has 3 rings (SSSR count). The van der Waals surface area contributed by atoms with Gasteiger partial charge < -0.3 is 15.2 Å². The normalized spacial score (nSPS) is 10.4. The molecule has 3 aromatic rings. The maximum absolute atomic E-state index is 12.6. The smallest absolute Gasteiger partial charge is 0.257 e. The van der Waals surface area contributed by atoms with Crippen LogP contribution in [0.2, 0.25) is 5.02 Å². The second-order valence-corrected chi connectivity index (χ2v) is 6.10. The Kier molecular flexibility index (Phi) is 5.83. The molecule has 2 N–H and O–H groups in total. The highest BCUT2D eigenvalue weighted by atomic mass is 35.5. The fraction of sp³-hybridized carbons (Fsp3) is 0.158. The molecular weight excluding hydrogens is 368 g/mol. The van der Waals surface area contributed by atoms with Crippen molar-refractivity contribution < 1.29 is 14.1 Å². The summed E-state index contributed by atoms with van der Waals surface area (Å²) in [7, 11) is 0. The van der Waals surface area contributed by atoms with Gasteiger partial charge in [-0.15, -0.1) is 0 Å². The van der Waals surface area contributed by atoms with Gasteiger partial charge in [0.2, 0.25) is 0 Å². The Morgan fingerprint density at radius 3 is 2.52 bits per heavy atom. The summed E-state index contributed by atoms with van der Waals surface area (Å²) < 4.78 is 5.18. The fourth-order valence-electron chi connectivity index (χ4n) is 2.52. The third-order valence-corrected chi connectivity index (χ3v) is 4.17. The van der Waals surface area contributed by atoms with Crippen LogP contribution in [0.1, 0.15) is 26.5 Å². The van der Waals surface area contributed by atoms with Crippen LogP contribution in [-0.2, 0) is 0 Å². The summed E-state index contributed by atoms with van der Waals surface area (Å²) in [6.45, 7) is 2.18. The first-order chi connectivity index (χ1) is 13.1. The lowest BCUT2D eigenvalue weighted by Gasteiger charge is -2.08. The van der Waals surface area contributed by atoms with E-state index in [9.17, 15) is 9.59 Å². The Balaban J connectivity index is 1.62. The minimum atomic E-state index is -0.348. The van der Waals surface area contributed by atoms with Gasteiger partial charge in [-0.1, -0.05) is 35.0 Å². The van der Waals surface area contributed by atoms with E-state index in [2.05, 4.69) is 20.8 Å². The molecule has 138 valence electrons. The minimum absolute atomic E-state index is 0.247. The predicted molar refractivity (Wildman–Crippen MR) is 101 cm³/mol. The van der Waals surface area contributed by atoms with Crippen LogP contribution in [0.5, 0.6) is 0 Å². The molecular formula is C19H17ClN4O3. The third-order valence-electron chi connectivity index (χ3n) is 3.84. The third kappa shape index (κ3) is 4.32. The molecule has 2 amide bonds. The summed E-state index contributed by atoms with van der Waals surface area (Å²) in [5, 5.41) is 9.91. The van der Waals surface area contributed by atoms with Crippen molar-refractivity contribution in [2.75, 3.05) is 13.1 Å². The van der Waals surface area contributed by atoms with Gasteiger partial charge in [0.05, 0.1) is 10.6 Å². The number of nitrogens with zero attached hydrogens (tertiary/aromatic N) is 2. The van der Waals surface area contributed by atoms with Crippen molar-refractivity contribution >= 4 is 23.4 Å². The fourth-order valence-corrected chi connectivity index (χ4v) is 2.74. The highest BCUT2D eigenvalue weighted by Crippen LogP contribution is 2.30. The average Bonchev–Trinajstić information content (AvgIpc) is 3.07. The lowest BCUT2D eigenvalue weighted by molar-refractivity contribution is 0.0927. The van der Waals surface area contributed by atoms with Gasteiger partial charge >= 0.3 is 0 Å². The van der Waals surface area contributed by atoms with Crippen molar-refractivity contribution in [1.82, 2.24) is 20.8 Å². The van der Waals surface area contributed by atoms with E-state index in [4.69, 9.17) is 16.1 Å². The molecule has 7 nitrogen and oxygen atoms in total. The zero-order chi connectivity index (χ0) is 19.2. The average molecular weight is 385 g/mol. The number of carbonyl (C=O) groups is 2. The summed E-state index contributed by atoms with van der Waals surface area (Å²) in [4.78, 5) is 28.4. The van der Waals surface area contributed by atoms with E-state index in [1.807, 2.05) is 0 Å². The maximum Gasteiger partial charge on any atom is 0.257 e. The molecule has 2 aromatic heterocycles. The van der Waals surface area contributed by atoms with Crippen LogP contribution in [0.4, 0.5) is 0 Å². The van der Waals surface area contributed by atoms with Gasteiger partial charge in [-0.3, -0.25) is 14.6 Å². The molecule has 0 atom stereocenters. The summed E-state index contributed by atoms with van der Waals surface area (Å²) >= 11 is 6.20. The summed E-state index contributed by atoms with van der Waals surface area (Å²) in [5.74, 6) is -0.212. The van der Waals surface area contributed by atoms with Crippen LogP contribution in [0.15, 0.2) is 53.3 Å². The number of aryl methyl sites for hydroxylation is 1. The lowest BCUT2D eigenvalue weighted by Crippen LogP contribution is -2.35. The SMILES string of the molecule is Cc1onc(-c2ccccc2Cl)c1C(=O)NCCNC(=O)c1cccnc1. The molecule has 0 radical (unpaired) electrons. The van der Waals surface area contributed by atoms with Gasteiger partial charge in [0, 0.05) is 31.0 Å². The van der Waals surface area contributed by atoms with Crippen LogP contribution in [0.3, 0.4) is 0 Å². The van der Waals surface area contributed by atoms with E-state index in [1.165, 1.54) is 6.20 Å². The number of amides is 2. The van der Waals surface area contributed by atoms with Gasteiger partial charge in [-0.25, -0.2) is 0 Å². The number of halogens is 1. The molecule has 0 bridgehead atoms. The van der Waals surface area contributed by atoms with E-state index in [1.54, 1.807) is 49.5 Å². The molecule has 0 spiro atoms. The second-order valence-electron chi connectivity index (χ2n) is 5.70. The Morgan fingerprint density at radius 2 is 1.81 bits per heavy atom. The van der Waals surface area contributed by atoms with Gasteiger partial charge in [0.25, 0.3) is 11.8 Å². The zero-order valence-electron chi connectivity index (χ0n) is 14.5. The predicted octanol–water partition coefficient (Wildman–Crippen LogP) is 2.86. The van der Waals surface area contributed by atoms with Crippen molar-refractivity contribution in [2.24, 2.45) is 0 Å². The van der Waals surface area contributed by atoms with Crippen molar-refractivity contribution in [3.63, 3.8) is 0 Å². The number of carbonyl (C=O) groups excluding carboxylic acids is 2. The quantitative estimate of drug-likeness (QED) is 0.637. The summed E-state index contributed by atoms with van der Waals surface area (Å²) in [6, 6.07) is 10.4. The Bertz CT molecular complexity index is 957. The van der Waals surface area contributed by atoms with Gasteiger partial charge in [0.1, 0.15) is 17.0 Å². The zero-order valence-corrected chi connectivity index (χ0v) is 15.3. The van der Waals surface area contributed by atoms with Crippen LogP contribution < -0.4 is 10.6 Å². The molecule has 0 unspecified atom stereocenters. The van der Waals surface area contributed by atoms with Crippen molar-refractivity contribution in [2.45, 2.75) is 6.92 Å². The Labute approximate surface area is 160 Å². The number of hydrogen-bond acceptors (Lipinski definition) is 5. The molecule has 0 fully saturated rings. The number of nitrogens with one attached hydrogen (secondary N) is 2. The molecule has 0 aliphatic carbocycles. The van der Waals surface area contributed by atoms with Gasteiger partial charge in [-0.05, 0) is 25.1 Å². The monoisotopic (exact) mass is 384 g/mol. The van der Waals surface area contributed by atoms with Crippen LogP contribution in [0, 0.1) is 6.92 Å². The van der Waals surface area contributed by atoms with E-state index in [0.29, 0.717) is 33.2 Å². The molecule has 1 aromatic carbocycles. The van der Waals surface area contributed by atoms with Gasteiger partial charge in [0.15, 0.2) is 0 Å². The molecule has 0 aliphatic heterocycles. The summed E-state index contributed by atoms with van der Waals surface area (Å²) in [5.41, 5.74) is 1.78. The van der Waals surface area contributed by atoms with Crippen LogP contribution >= 0.6 is 11.6 Å². The molecule has 27 heavy (non-hydrogen) atoms. The molecule has 8 heteroatoms. The summed E-state index contributed by atoms with van der Waals surface area (Å²) in [6.07, 6.45) is 3.07. The highest BCUT2D eigenvalue weighted by Gasteiger charge is 2.22. The van der Waals surface area contributed by atoms with Crippen molar-refractivity contribution in [3.05, 3.63) is 70.7 Å². The molecule has 0 saturated carbocycles. The first-order valence-electron chi connectivity index (χ1n) is 8.25. The second kappa shape index (κ2) is 8.46. The van der Waals surface area contributed by atoms with Crippen molar-refractivity contribution in [3.8, 4) is 11.3 Å². The van der Waals surface area contributed by atoms with Crippen molar-refractivity contribution in [1.29, 1.82) is 0 Å². The van der Waals surface area contributed by atoms with E-state index in [0.717, 1.165) is 0 Å². The number of aromatic nitrogens is 2. The topological polar surface area (TPSA) is 97.1 Å². The lowest BCUT2D eigenvalue weighted by atomic mass is 10.1. The van der Waals surface area contributed by atoms with Gasteiger partial charge in [-0.2, -0.15) is 0 Å². The molecule has 0 aliphatic rings. The Hall–Kier alpha value is -3.19. The largest absolute Gasteiger partial charge is 0.360 e. The van der Waals surface area contributed by atoms with Crippen LogP contribution in [-0.4, -0.2) is 35.0 Å². The minimum Gasteiger partial charge on any atom is -0.360 e. The van der Waals surface area contributed by atoms with E-state index < -0.39 is 0 Å². The first kappa shape index (κ1) is 18.6. The van der Waals surface area contributed by atoms with E-state index >= 15 is 0 Å².